The zero-order valence-electron chi connectivity index (χ0n) is 13.7. The van der Waals surface area contributed by atoms with Gasteiger partial charge in [0.25, 0.3) is 0 Å². The van der Waals surface area contributed by atoms with Crippen LogP contribution in [0, 0.1) is 5.82 Å². The molecule has 2 aromatic carbocycles. The smallest absolute Gasteiger partial charge is 0.141 e. The van der Waals surface area contributed by atoms with E-state index in [1.165, 1.54) is 18.5 Å². The van der Waals surface area contributed by atoms with Gasteiger partial charge in [-0.3, -0.25) is 0 Å². The fourth-order valence-corrected chi connectivity index (χ4v) is 2.61. The molecule has 0 atom stereocenters. The van der Waals surface area contributed by atoms with Gasteiger partial charge in [-0.15, -0.1) is 0 Å². The molecule has 0 fully saturated rings. The maximum absolute atomic E-state index is 13.3. The molecule has 0 radical (unpaired) electrons. The third-order valence-corrected chi connectivity index (χ3v) is 3.96. The monoisotopic (exact) mass is 360 g/mol. The summed E-state index contributed by atoms with van der Waals surface area (Å²) in [4.78, 5) is 8.58. The van der Waals surface area contributed by atoms with E-state index in [4.69, 9.17) is 16.3 Å². The molecule has 130 valence electrons. The van der Waals surface area contributed by atoms with Crippen LogP contribution in [0.5, 0.6) is 0 Å². The SMILES string of the molecule is COCCCNc1ccc2ncnc(Nc3ccc(F)c(Cl)c3)c2c1. The van der Waals surface area contributed by atoms with E-state index in [1.54, 1.807) is 13.2 Å². The Kier molecular flexibility index (Phi) is 5.63. The molecule has 3 aromatic rings. The number of ether oxygens (including phenoxy) is 1. The normalized spacial score (nSPS) is 10.8. The van der Waals surface area contributed by atoms with E-state index in [1.807, 2.05) is 18.2 Å². The Bertz CT molecular complexity index is 875. The Balaban J connectivity index is 1.85. The summed E-state index contributed by atoms with van der Waals surface area (Å²) in [5, 5.41) is 7.43. The second kappa shape index (κ2) is 8.09. The van der Waals surface area contributed by atoms with Crippen LogP contribution < -0.4 is 10.6 Å². The third kappa shape index (κ3) is 4.35. The molecule has 0 aliphatic heterocycles. The number of anilines is 3. The van der Waals surface area contributed by atoms with Gasteiger partial charge in [-0.05, 0) is 42.8 Å². The zero-order valence-corrected chi connectivity index (χ0v) is 14.5. The quantitative estimate of drug-likeness (QED) is 0.602. The van der Waals surface area contributed by atoms with E-state index in [0.717, 1.165) is 29.6 Å². The van der Waals surface area contributed by atoms with Crippen molar-refractivity contribution in [3.8, 4) is 0 Å². The Morgan fingerprint density at radius 2 is 1.96 bits per heavy atom. The predicted octanol–water partition coefficient (Wildman–Crippen LogP) is 4.61. The molecule has 7 heteroatoms. The maximum atomic E-state index is 13.3. The second-order valence-corrected chi connectivity index (χ2v) is 5.89. The summed E-state index contributed by atoms with van der Waals surface area (Å²) in [6.45, 7) is 1.52. The minimum atomic E-state index is -0.456. The maximum Gasteiger partial charge on any atom is 0.141 e. The van der Waals surface area contributed by atoms with E-state index < -0.39 is 5.82 Å². The van der Waals surface area contributed by atoms with E-state index in [9.17, 15) is 4.39 Å². The van der Waals surface area contributed by atoms with Gasteiger partial charge >= 0.3 is 0 Å². The highest BCUT2D eigenvalue weighted by Gasteiger charge is 2.07. The van der Waals surface area contributed by atoms with Gasteiger partial charge in [-0.2, -0.15) is 0 Å². The Morgan fingerprint density at radius 1 is 1.12 bits per heavy atom. The van der Waals surface area contributed by atoms with Gasteiger partial charge in [-0.25, -0.2) is 14.4 Å². The predicted molar refractivity (Wildman–Crippen MR) is 99.2 cm³/mol. The Hall–Kier alpha value is -2.44. The van der Waals surface area contributed by atoms with Crippen molar-refractivity contribution in [3.05, 3.63) is 53.6 Å². The standard InChI is InChI=1S/C18H18ClFN4O/c1-25-8-2-7-21-12-4-6-17-14(9-12)18(23-11-22-17)24-13-3-5-16(20)15(19)10-13/h3-6,9-11,21H,2,7-8H2,1H3,(H,22,23,24). The molecule has 0 saturated heterocycles. The first-order valence-electron chi connectivity index (χ1n) is 7.87. The van der Waals surface area contributed by atoms with E-state index in [0.29, 0.717) is 18.1 Å². The lowest BCUT2D eigenvalue weighted by molar-refractivity contribution is 0.198. The first kappa shape index (κ1) is 17.4. The number of nitrogens with one attached hydrogen (secondary N) is 2. The van der Waals surface area contributed by atoms with Crippen molar-refractivity contribution >= 4 is 39.7 Å². The molecule has 0 bridgehead atoms. The van der Waals surface area contributed by atoms with Gasteiger partial charge < -0.3 is 15.4 Å². The van der Waals surface area contributed by atoms with Crippen LogP contribution in [0.25, 0.3) is 10.9 Å². The summed E-state index contributed by atoms with van der Waals surface area (Å²) in [6.07, 6.45) is 2.40. The highest BCUT2D eigenvalue weighted by molar-refractivity contribution is 6.31. The van der Waals surface area contributed by atoms with Crippen molar-refractivity contribution in [3.63, 3.8) is 0 Å². The molecule has 1 aromatic heterocycles. The van der Waals surface area contributed by atoms with Crippen molar-refractivity contribution in [1.29, 1.82) is 0 Å². The van der Waals surface area contributed by atoms with Gasteiger partial charge in [0.1, 0.15) is 18.0 Å². The Morgan fingerprint density at radius 3 is 2.76 bits per heavy atom. The summed E-state index contributed by atoms with van der Waals surface area (Å²) in [7, 11) is 1.69. The molecule has 0 saturated carbocycles. The number of halogens is 2. The molecular formula is C18H18ClFN4O. The van der Waals surface area contributed by atoms with Crippen molar-refractivity contribution in [2.24, 2.45) is 0 Å². The van der Waals surface area contributed by atoms with Gasteiger partial charge in [0.15, 0.2) is 0 Å². The molecule has 0 aliphatic rings. The van der Waals surface area contributed by atoms with Crippen molar-refractivity contribution < 1.29 is 9.13 Å². The van der Waals surface area contributed by atoms with Crippen molar-refractivity contribution in [2.75, 3.05) is 30.9 Å². The number of methoxy groups -OCH3 is 1. The van der Waals surface area contributed by atoms with Crippen molar-refractivity contribution in [2.45, 2.75) is 6.42 Å². The number of nitrogens with zero attached hydrogens (tertiary/aromatic N) is 2. The first-order valence-corrected chi connectivity index (χ1v) is 8.25. The number of rotatable bonds is 7. The molecular weight excluding hydrogens is 343 g/mol. The van der Waals surface area contributed by atoms with Crippen LogP contribution in [0.3, 0.4) is 0 Å². The summed E-state index contributed by atoms with van der Waals surface area (Å²) in [6, 6.07) is 10.3. The first-order chi connectivity index (χ1) is 12.2. The van der Waals surface area contributed by atoms with Gasteiger partial charge in [-0.1, -0.05) is 11.6 Å². The summed E-state index contributed by atoms with van der Waals surface area (Å²) in [5.41, 5.74) is 2.44. The molecule has 0 aliphatic carbocycles. The fraction of sp³-hybridized carbons (Fsp3) is 0.222. The van der Waals surface area contributed by atoms with E-state index in [-0.39, 0.29) is 5.02 Å². The van der Waals surface area contributed by atoms with Crippen LogP contribution in [0.1, 0.15) is 6.42 Å². The minimum absolute atomic E-state index is 0.0591. The van der Waals surface area contributed by atoms with Gasteiger partial charge in [0.2, 0.25) is 0 Å². The number of fused-ring (bicyclic) bond motifs is 1. The third-order valence-electron chi connectivity index (χ3n) is 3.67. The molecule has 25 heavy (non-hydrogen) atoms. The number of aromatic nitrogens is 2. The summed E-state index contributed by atoms with van der Waals surface area (Å²) >= 11 is 5.84. The topological polar surface area (TPSA) is 59.1 Å². The molecule has 3 rings (SSSR count). The fourth-order valence-electron chi connectivity index (χ4n) is 2.43. The van der Waals surface area contributed by atoms with Crippen LogP contribution in [-0.2, 0) is 4.74 Å². The summed E-state index contributed by atoms with van der Waals surface area (Å²) in [5.74, 6) is 0.176. The largest absolute Gasteiger partial charge is 0.385 e. The van der Waals surface area contributed by atoms with Crippen LogP contribution in [-0.4, -0.2) is 30.2 Å². The number of hydrogen-bond acceptors (Lipinski definition) is 5. The lowest BCUT2D eigenvalue weighted by Crippen LogP contribution is -2.04. The lowest BCUT2D eigenvalue weighted by atomic mass is 10.2. The number of hydrogen-bond donors (Lipinski definition) is 2. The number of benzene rings is 2. The second-order valence-electron chi connectivity index (χ2n) is 5.48. The molecule has 0 unspecified atom stereocenters. The van der Waals surface area contributed by atoms with Crippen LogP contribution in [0.2, 0.25) is 5.02 Å². The summed E-state index contributed by atoms with van der Waals surface area (Å²) < 4.78 is 18.4. The Labute approximate surface area is 150 Å². The van der Waals surface area contributed by atoms with E-state index in [2.05, 4.69) is 20.6 Å². The molecule has 1 heterocycles. The van der Waals surface area contributed by atoms with Crippen molar-refractivity contribution in [1.82, 2.24) is 9.97 Å². The average molecular weight is 361 g/mol. The highest BCUT2D eigenvalue weighted by atomic mass is 35.5. The molecule has 0 amide bonds. The van der Waals surface area contributed by atoms with Crippen LogP contribution >= 0.6 is 11.6 Å². The zero-order chi connectivity index (χ0) is 17.6. The molecule has 5 nitrogen and oxygen atoms in total. The van der Waals surface area contributed by atoms with Crippen LogP contribution in [0.4, 0.5) is 21.6 Å². The van der Waals surface area contributed by atoms with Gasteiger partial charge in [0, 0.05) is 37.0 Å². The van der Waals surface area contributed by atoms with Crippen LogP contribution in [0.15, 0.2) is 42.7 Å². The average Bonchev–Trinajstić information content (AvgIpc) is 2.62. The van der Waals surface area contributed by atoms with Gasteiger partial charge in [0.05, 0.1) is 10.5 Å². The van der Waals surface area contributed by atoms with E-state index >= 15 is 0 Å². The molecule has 2 N–H and O–H groups in total. The minimum Gasteiger partial charge on any atom is -0.385 e. The molecule has 0 spiro atoms. The lowest BCUT2D eigenvalue weighted by Gasteiger charge is -2.11. The highest BCUT2D eigenvalue weighted by Crippen LogP contribution is 2.27.